The van der Waals surface area contributed by atoms with Crippen LogP contribution in [0.15, 0.2) is 54.7 Å². The number of carbonyl (C=O) groups is 2. The molecule has 2 aromatic carbocycles. The van der Waals surface area contributed by atoms with Crippen LogP contribution in [0.5, 0.6) is 5.75 Å². The van der Waals surface area contributed by atoms with Gasteiger partial charge in [-0.1, -0.05) is 35.3 Å². The van der Waals surface area contributed by atoms with Gasteiger partial charge in [-0.15, -0.1) is 0 Å². The van der Waals surface area contributed by atoms with E-state index in [1.54, 1.807) is 47.3 Å². The van der Waals surface area contributed by atoms with Gasteiger partial charge in [0.05, 0.1) is 29.4 Å². The molecule has 1 heterocycles. The fourth-order valence-corrected chi connectivity index (χ4v) is 3.19. The molecule has 1 amide bonds. The van der Waals surface area contributed by atoms with Crippen LogP contribution in [0.25, 0.3) is 0 Å². The van der Waals surface area contributed by atoms with Crippen molar-refractivity contribution < 1.29 is 14.3 Å². The number of rotatable bonds is 9. The summed E-state index contributed by atoms with van der Waals surface area (Å²) in [4.78, 5) is 23.6. The second-order valence-electron chi connectivity index (χ2n) is 6.67. The van der Waals surface area contributed by atoms with E-state index in [9.17, 15) is 9.59 Å². The summed E-state index contributed by atoms with van der Waals surface area (Å²) in [6.45, 7) is 2.30. The SMILES string of the molecule is CC(=O)c1ccc(OCCCC(=O)Nc2ccnn2Cc2cccc(Cl)c2Cl)cc1. The highest BCUT2D eigenvalue weighted by Crippen LogP contribution is 2.26. The van der Waals surface area contributed by atoms with Crippen molar-refractivity contribution in [2.24, 2.45) is 0 Å². The molecule has 0 saturated carbocycles. The highest BCUT2D eigenvalue weighted by molar-refractivity contribution is 6.42. The Hall–Kier alpha value is -2.83. The van der Waals surface area contributed by atoms with Crippen LogP contribution in [0, 0.1) is 0 Å². The minimum absolute atomic E-state index is 0.00935. The van der Waals surface area contributed by atoms with Crippen LogP contribution in [0.3, 0.4) is 0 Å². The van der Waals surface area contributed by atoms with Crippen LogP contribution in [-0.4, -0.2) is 28.1 Å². The quantitative estimate of drug-likeness (QED) is 0.361. The molecule has 0 spiro atoms. The minimum Gasteiger partial charge on any atom is -0.494 e. The van der Waals surface area contributed by atoms with E-state index in [1.807, 2.05) is 12.1 Å². The molecule has 8 heteroatoms. The molecule has 0 saturated heterocycles. The molecule has 3 aromatic rings. The maximum Gasteiger partial charge on any atom is 0.225 e. The molecule has 6 nitrogen and oxygen atoms in total. The minimum atomic E-state index is -0.135. The molecular weight excluding hydrogens is 425 g/mol. The zero-order valence-electron chi connectivity index (χ0n) is 16.4. The normalized spacial score (nSPS) is 10.6. The average Bonchev–Trinajstić information content (AvgIpc) is 3.15. The van der Waals surface area contributed by atoms with Crippen LogP contribution in [0.2, 0.25) is 10.0 Å². The molecule has 156 valence electrons. The first kappa shape index (κ1) is 21.9. The summed E-state index contributed by atoms with van der Waals surface area (Å²) >= 11 is 12.3. The lowest BCUT2D eigenvalue weighted by atomic mass is 10.1. The summed E-state index contributed by atoms with van der Waals surface area (Å²) in [7, 11) is 0. The number of ketones is 1. The zero-order chi connectivity index (χ0) is 21.5. The molecule has 0 aliphatic heterocycles. The van der Waals surface area contributed by atoms with Crippen molar-refractivity contribution in [3.63, 3.8) is 0 Å². The fraction of sp³-hybridized carbons (Fsp3) is 0.227. The number of nitrogens with zero attached hydrogens (tertiary/aromatic N) is 2. The molecule has 0 fully saturated rings. The predicted octanol–water partition coefficient (Wildman–Crippen LogP) is 5.24. The van der Waals surface area contributed by atoms with Gasteiger partial charge in [0.1, 0.15) is 11.6 Å². The van der Waals surface area contributed by atoms with Gasteiger partial charge >= 0.3 is 0 Å². The van der Waals surface area contributed by atoms with E-state index in [0.29, 0.717) is 53.2 Å². The molecule has 0 unspecified atom stereocenters. The van der Waals surface area contributed by atoms with E-state index < -0.39 is 0 Å². The lowest BCUT2D eigenvalue weighted by Crippen LogP contribution is -2.16. The molecule has 0 atom stereocenters. The molecular formula is C22H21Cl2N3O3. The van der Waals surface area contributed by atoms with Gasteiger partial charge in [0.25, 0.3) is 0 Å². The van der Waals surface area contributed by atoms with Crippen molar-refractivity contribution in [1.29, 1.82) is 0 Å². The zero-order valence-corrected chi connectivity index (χ0v) is 17.9. The first-order chi connectivity index (χ1) is 14.4. The maximum atomic E-state index is 12.3. The predicted molar refractivity (Wildman–Crippen MR) is 118 cm³/mol. The fourth-order valence-electron chi connectivity index (χ4n) is 2.81. The smallest absolute Gasteiger partial charge is 0.225 e. The third-order valence-corrected chi connectivity index (χ3v) is 5.27. The maximum absolute atomic E-state index is 12.3. The number of benzene rings is 2. The van der Waals surface area contributed by atoms with Gasteiger partial charge in [-0.05, 0) is 49.2 Å². The molecule has 0 aliphatic rings. The Morgan fingerprint density at radius 2 is 1.87 bits per heavy atom. The molecule has 0 aliphatic carbocycles. The number of nitrogens with one attached hydrogen (secondary N) is 1. The Morgan fingerprint density at radius 3 is 2.60 bits per heavy atom. The Morgan fingerprint density at radius 1 is 1.10 bits per heavy atom. The Bertz CT molecular complexity index is 1030. The Kier molecular flexibility index (Phi) is 7.49. The van der Waals surface area contributed by atoms with E-state index in [0.717, 1.165) is 5.56 Å². The number of hydrogen-bond acceptors (Lipinski definition) is 4. The number of hydrogen-bond donors (Lipinski definition) is 1. The monoisotopic (exact) mass is 445 g/mol. The third-order valence-electron chi connectivity index (χ3n) is 4.41. The van der Waals surface area contributed by atoms with Gasteiger partial charge in [0.15, 0.2) is 5.78 Å². The summed E-state index contributed by atoms with van der Waals surface area (Å²) in [6, 6.07) is 14.1. The van der Waals surface area contributed by atoms with Gasteiger partial charge in [0, 0.05) is 18.1 Å². The van der Waals surface area contributed by atoms with Crippen LogP contribution < -0.4 is 10.1 Å². The van der Waals surface area contributed by atoms with E-state index >= 15 is 0 Å². The van der Waals surface area contributed by atoms with Gasteiger partial charge in [-0.3, -0.25) is 9.59 Å². The number of anilines is 1. The summed E-state index contributed by atoms with van der Waals surface area (Å²) < 4.78 is 7.27. The number of carbonyl (C=O) groups excluding carboxylic acids is 2. The highest BCUT2D eigenvalue weighted by Gasteiger charge is 2.11. The van der Waals surface area contributed by atoms with Crippen LogP contribution in [0.4, 0.5) is 5.82 Å². The highest BCUT2D eigenvalue weighted by atomic mass is 35.5. The van der Waals surface area contributed by atoms with Gasteiger partial charge < -0.3 is 10.1 Å². The average molecular weight is 446 g/mol. The second-order valence-corrected chi connectivity index (χ2v) is 7.45. The number of amides is 1. The standard InChI is InChI=1S/C22H21Cl2N3O3/c1-15(28)16-7-9-18(10-8-16)30-13-3-6-21(29)26-20-11-12-25-27(20)14-17-4-2-5-19(23)22(17)24/h2,4-5,7-12H,3,6,13-14H2,1H3,(H,26,29). The van der Waals surface area contributed by atoms with E-state index in [1.165, 1.54) is 6.92 Å². The molecule has 0 bridgehead atoms. The van der Waals surface area contributed by atoms with E-state index in [2.05, 4.69) is 10.4 Å². The summed E-state index contributed by atoms with van der Waals surface area (Å²) in [5.74, 6) is 1.12. The Balaban J connectivity index is 1.47. The van der Waals surface area contributed by atoms with Crippen LogP contribution >= 0.6 is 23.2 Å². The molecule has 1 aromatic heterocycles. The second kappa shape index (κ2) is 10.3. The van der Waals surface area contributed by atoms with Gasteiger partial charge in [-0.25, -0.2) is 4.68 Å². The number of halogens is 2. The van der Waals surface area contributed by atoms with Crippen LogP contribution in [-0.2, 0) is 11.3 Å². The first-order valence-corrected chi connectivity index (χ1v) is 10.2. The lowest BCUT2D eigenvalue weighted by molar-refractivity contribution is -0.116. The molecule has 0 radical (unpaired) electrons. The summed E-state index contributed by atoms with van der Waals surface area (Å²) in [5.41, 5.74) is 1.45. The first-order valence-electron chi connectivity index (χ1n) is 9.42. The van der Waals surface area contributed by atoms with Crippen molar-refractivity contribution in [3.8, 4) is 5.75 Å². The number of ether oxygens (including phenoxy) is 1. The van der Waals surface area contributed by atoms with Crippen molar-refractivity contribution in [3.05, 3.63) is 75.9 Å². The lowest BCUT2D eigenvalue weighted by Gasteiger charge is -2.11. The molecule has 30 heavy (non-hydrogen) atoms. The summed E-state index contributed by atoms with van der Waals surface area (Å²) in [6.07, 6.45) is 2.46. The number of aromatic nitrogens is 2. The summed E-state index contributed by atoms with van der Waals surface area (Å²) in [5, 5.41) is 8.05. The van der Waals surface area contributed by atoms with Crippen LogP contribution in [0.1, 0.15) is 35.7 Å². The van der Waals surface area contributed by atoms with Crippen molar-refractivity contribution in [2.45, 2.75) is 26.3 Å². The Labute approximate surface area is 184 Å². The largest absolute Gasteiger partial charge is 0.494 e. The topological polar surface area (TPSA) is 73.2 Å². The van der Waals surface area contributed by atoms with Crippen molar-refractivity contribution in [1.82, 2.24) is 9.78 Å². The van der Waals surface area contributed by atoms with Crippen molar-refractivity contribution in [2.75, 3.05) is 11.9 Å². The number of Topliss-reactive ketones (excluding diaryl/α,β-unsaturated/α-hetero) is 1. The van der Waals surface area contributed by atoms with Gasteiger partial charge in [-0.2, -0.15) is 5.10 Å². The van der Waals surface area contributed by atoms with Gasteiger partial charge in [0.2, 0.25) is 5.91 Å². The third kappa shape index (κ3) is 5.84. The van der Waals surface area contributed by atoms with E-state index in [-0.39, 0.29) is 11.7 Å². The molecule has 3 rings (SSSR count). The van der Waals surface area contributed by atoms with Crippen molar-refractivity contribution >= 4 is 40.7 Å². The van der Waals surface area contributed by atoms with E-state index in [4.69, 9.17) is 27.9 Å². The molecule has 1 N–H and O–H groups in total.